The molecule has 23 heavy (non-hydrogen) atoms. The van der Waals surface area contributed by atoms with E-state index in [0.29, 0.717) is 6.42 Å². The molecule has 1 atom stereocenters. The van der Waals surface area contributed by atoms with Gasteiger partial charge in [-0.15, -0.1) is 11.3 Å². The summed E-state index contributed by atoms with van der Waals surface area (Å²) < 4.78 is 5.48. The van der Waals surface area contributed by atoms with Crippen molar-refractivity contribution in [2.24, 2.45) is 0 Å². The van der Waals surface area contributed by atoms with Gasteiger partial charge in [0.05, 0.1) is 19.6 Å². The van der Waals surface area contributed by atoms with Crippen LogP contribution in [-0.2, 0) is 11.2 Å². The first-order valence-corrected chi connectivity index (χ1v) is 8.69. The summed E-state index contributed by atoms with van der Waals surface area (Å²) in [6.45, 7) is 4.39. The highest BCUT2D eigenvalue weighted by Crippen LogP contribution is 2.30. The molecule has 2 aromatic rings. The standard InChI is InChI=1S/C18H22N2O2S/c1-13-7-8-14(23-13)11-18(21)20-10-9-19-12-16(20)15-5-3-4-6-17(15)22-2/h3-8,16,19H,9-12H2,1-2H3. The number of piperazine rings is 1. The zero-order valence-corrected chi connectivity index (χ0v) is 14.4. The Labute approximate surface area is 141 Å². The van der Waals surface area contributed by atoms with Gasteiger partial charge in [0.2, 0.25) is 5.91 Å². The van der Waals surface area contributed by atoms with Gasteiger partial charge in [-0.25, -0.2) is 0 Å². The van der Waals surface area contributed by atoms with Gasteiger partial charge in [0, 0.05) is 35.0 Å². The molecule has 4 nitrogen and oxygen atoms in total. The molecule has 5 heteroatoms. The summed E-state index contributed by atoms with van der Waals surface area (Å²) in [6.07, 6.45) is 0.476. The van der Waals surface area contributed by atoms with Crippen molar-refractivity contribution in [2.75, 3.05) is 26.7 Å². The minimum absolute atomic E-state index is 0.0217. The van der Waals surface area contributed by atoms with Crippen molar-refractivity contribution in [2.45, 2.75) is 19.4 Å². The minimum Gasteiger partial charge on any atom is -0.496 e. The first-order chi connectivity index (χ1) is 11.2. The largest absolute Gasteiger partial charge is 0.496 e. The Bertz CT molecular complexity index is 683. The lowest BCUT2D eigenvalue weighted by Crippen LogP contribution is -2.49. The number of carbonyl (C=O) groups is 1. The lowest BCUT2D eigenvalue weighted by Gasteiger charge is -2.37. The number of hydrogen-bond acceptors (Lipinski definition) is 4. The van der Waals surface area contributed by atoms with Crippen molar-refractivity contribution >= 4 is 17.2 Å². The van der Waals surface area contributed by atoms with Crippen LogP contribution in [0.2, 0.25) is 0 Å². The fourth-order valence-corrected chi connectivity index (χ4v) is 3.93. The van der Waals surface area contributed by atoms with Gasteiger partial charge < -0.3 is 15.0 Å². The lowest BCUT2D eigenvalue weighted by molar-refractivity contribution is -0.133. The van der Waals surface area contributed by atoms with Gasteiger partial charge in [0.15, 0.2) is 0 Å². The summed E-state index contributed by atoms with van der Waals surface area (Å²) in [5.74, 6) is 1.02. The maximum atomic E-state index is 12.8. The van der Waals surface area contributed by atoms with Crippen LogP contribution in [0.3, 0.4) is 0 Å². The lowest BCUT2D eigenvalue weighted by atomic mass is 10.0. The number of hydrogen-bond donors (Lipinski definition) is 1. The Balaban J connectivity index is 1.82. The summed E-state index contributed by atoms with van der Waals surface area (Å²) in [7, 11) is 1.68. The number of nitrogens with one attached hydrogen (secondary N) is 1. The maximum Gasteiger partial charge on any atom is 0.228 e. The van der Waals surface area contributed by atoms with Crippen LogP contribution >= 0.6 is 11.3 Å². The summed E-state index contributed by atoms with van der Waals surface area (Å²) in [5, 5.41) is 3.39. The first-order valence-electron chi connectivity index (χ1n) is 7.87. The van der Waals surface area contributed by atoms with Gasteiger partial charge in [0.1, 0.15) is 5.75 Å². The number of nitrogens with zero attached hydrogens (tertiary/aromatic N) is 1. The van der Waals surface area contributed by atoms with Gasteiger partial charge in [-0.3, -0.25) is 4.79 Å². The van der Waals surface area contributed by atoms with Crippen LogP contribution in [-0.4, -0.2) is 37.6 Å². The average molecular weight is 330 g/mol. The van der Waals surface area contributed by atoms with Gasteiger partial charge >= 0.3 is 0 Å². The number of carbonyl (C=O) groups excluding carboxylic acids is 1. The van der Waals surface area contributed by atoms with Crippen LogP contribution in [0.4, 0.5) is 0 Å². The minimum atomic E-state index is 0.0217. The van der Waals surface area contributed by atoms with E-state index in [4.69, 9.17) is 4.74 Å². The van der Waals surface area contributed by atoms with E-state index < -0.39 is 0 Å². The topological polar surface area (TPSA) is 41.6 Å². The quantitative estimate of drug-likeness (QED) is 0.937. The third kappa shape index (κ3) is 3.57. The zero-order valence-electron chi connectivity index (χ0n) is 13.5. The molecule has 1 aliphatic heterocycles. The highest BCUT2D eigenvalue weighted by molar-refractivity contribution is 7.12. The van der Waals surface area contributed by atoms with Gasteiger partial charge in [-0.1, -0.05) is 18.2 Å². The predicted molar refractivity (Wildman–Crippen MR) is 93.1 cm³/mol. The number of rotatable bonds is 4. The van der Waals surface area contributed by atoms with E-state index in [1.165, 1.54) is 4.88 Å². The van der Waals surface area contributed by atoms with E-state index in [0.717, 1.165) is 35.8 Å². The van der Waals surface area contributed by atoms with Gasteiger partial charge in [-0.05, 0) is 25.1 Å². The molecule has 0 aliphatic carbocycles. The Morgan fingerprint density at radius 1 is 1.35 bits per heavy atom. The molecule has 1 aliphatic rings. The van der Waals surface area contributed by atoms with Crippen LogP contribution < -0.4 is 10.1 Å². The summed E-state index contributed by atoms with van der Waals surface area (Å²) in [6, 6.07) is 12.1. The second-order valence-corrected chi connectivity index (χ2v) is 7.11. The van der Waals surface area contributed by atoms with Crippen molar-refractivity contribution in [1.82, 2.24) is 10.2 Å². The fraction of sp³-hybridized carbons (Fsp3) is 0.389. The number of benzene rings is 1. The van der Waals surface area contributed by atoms with E-state index in [9.17, 15) is 4.79 Å². The van der Waals surface area contributed by atoms with Crippen molar-refractivity contribution in [1.29, 1.82) is 0 Å². The van der Waals surface area contributed by atoms with Crippen molar-refractivity contribution in [3.8, 4) is 5.75 Å². The Morgan fingerprint density at radius 3 is 2.91 bits per heavy atom. The van der Waals surface area contributed by atoms with Gasteiger partial charge in [0.25, 0.3) is 0 Å². The molecule has 2 heterocycles. The number of aryl methyl sites for hydroxylation is 1. The highest BCUT2D eigenvalue weighted by Gasteiger charge is 2.29. The number of methoxy groups -OCH3 is 1. The van der Waals surface area contributed by atoms with E-state index in [-0.39, 0.29) is 11.9 Å². The van der Waals surface area contributed by atoms with E-state index >= 15 is 0 Å². The summed E-state index contributed by atoms with van der Waals surface area (Å²) >= 11 is 1.70. The van der Waals surface area contributed by atoms with Crippen molar-refractivity contribution in [3.63, 3.8) is 0 Å². The van der Waals surface area contributed by atoms with Crippen molar-refractivity contribution < 1.29 is 9.53 Å². The number of para-hydroxylation sites is 1. The SMILES string of the molecule is COc1ccccc1C1CNCCN1C(=O)Cc1ccc(C)s1. The third-order valence-corrected chi connectivity index (χ3v) is 5.18. The van der Waals surface area contributed by atoms with Crippen LogP contribution in [0.1, 0.15) is 21.4 Å². The van der Waals surface area contributed by atoms with Crippen molar-refractivity contribution in [3.05, 3.63) is 51.7 Å². The molecule has 1 aromatic heterocycles. The van der Waals surface area contributed by atoms with Gasteiger partial charge in [-0.2, -0.15) is 0 Å². The second kappa shape index (κ2) is 7.15. The Morgan fingerprint density at radius 2 is 2.17 bits per heavy atom. The zero-order chi connectivity index (χ0) is 16.2. The molecule has 1 fully saturated rings. The van der Waals surface area contributed by atoms with E-state index in [1.807, 2.05) is 29.2 Å². The molecule has 122 valence electrons. The number of amides is 1. The first kappa shape index (κ1) is 16.0. The monoisotopic (exact) mass is 330 g/mol. The molecule has 0 saturated carbocycles. The summed E-state index contributed by atoms with van der Waals surface area (Å²) in [4.78, 5) is 17.2. The van der Waals surface area contributed by atoms with Crippen LogP contribution in [0.15, 0.2) is 36.4 Å². The van der Waals surface area contributed by atoms with Crippen LogP contribution in [0, 0.1) is 6.92 Å². The number of ether oxygens (including phenoxy) is 1. The molecule has 0 spiro atoms. The molecule has 1 unspecified atom stereocenters. The Kier molecular flexibility index (Phi) is 4.98. The Hall–Kier alpha value is -1.85. The molecular weight excluding hydrogens is 308 g/mol. The van der Waals surface area contributed by atoms with E-state index in [1.54, 1.807) is 18.4 Å². The average Bonchev–Trinajstić information content (AvgIpc) is 2.99. The molecule has 1 saturated heterocycles. The van der Waals surface area contributed by atoms with Crippen LogP contribution in [0.5, 0.6) is 5.75 Å². The summed E-state index contributed by atoms with van der Waals surface area (Å²) in [5.41, 5.74) is 1.07. The maximum absolute atomic E-state index is 12.8. The molecular formula is C18H22N2O2S. The second-order valence-electron chi connectivity index (χ2n) is 5.74. The highest BCUT2D eigenvalue weighted by atomic mass is 32.1. The van der Waals surface area contributed by atoms with E-state index in [2.05, 4.69) is 24.4 Å². The molecule has 1 aromatic carbocycles. The number of thiophene rings is 1. The molecule has 3 rings (SSSR count). The molecule has 1 amide bonds. The molecule has 0 radical (unpaired) electrons. The molecule has 0 bridgehead atoms. The molecule has 1 N–H and O–H groups in total. The van der Waals surface area contributed by atoms with Crippen LogP contribution in [0.25, 0.3) is 0 Å². The fourth-order valence-electron chi connectivity index (χ4n) is 3.05. The predicted octanol–water partition coefficient (Wildman–Crippen LogP) is 2.78. The normalized spacial score (nSPS) is 18.0. The smallest absolute Gasteiger partial charge is 0.228 e. The third-order valence-electron chi connectivity index (χ3n) is 4.18.